The molecule has 1 aromatic heterocycles. The molecular formula is C13H14F3N3O4S. The minimum absolute atomic E-state index is 0.193. The number of hydrogen-bond acceptors (Lipinski definition) is 6. The zero-order valence-corrected chi connectivity index (χ0v) is 13.0. The highest BCUT2D eigenvalue weighted by Crippen LogP contribution is 2.31. The molecule has 0 saturated carbocycles. The molecule has 132 valence electrons. The van der Waals surface area contributed by atoms with Crippen LogP contribution in [-0.4, -0.2) is 48.8 Å². The molecule has 0 fully saturated rings. The fourth-order valence-electron chi connectivity index (χ4n) is 1.74. The van der Waals surface area contributed by atoms with Gasteiger partial charge in [0.25, 0.3) is 0 Å². The molecule has 1 aromatic carbocycles. The Hall–Kier alpha value is -2.27. The number of carbonyl (C=O) groups is 1. The van der Waals surface area contributed by atoms with Crippen LogP contribution >= 0.6 is 11.3 Å². The summed E-state index contributed by atoms with van der Waals surface area (Å²) in [6.45, 7) is 1.20. The summed E-state index contributed by atoms with van der Waals surface area (Å²) in [5.74, 6) is -0.292. The van der Waals surface area contributed by atoms with Gasteiger partial charge >= 0.3 is 12.5 Å². The van der Waals surface area contributed by atoms with Crippen LogP contribution in [0.25, 0.3) is 10.2 Å². The molecule has 24 heavy (non-hydrogen) atoms. The van der Waals surface area contributed by atoms with Crippen molar-refractivity contribution in [1.82, 2.24) is 10.3 Å². The molecule has 0 aliphatic heterocycles. The molecule has 0 aliphatic carbocycles. The topological polar surface area (TPSA) is 92.7 Å². The van der Waals surface area contributed by atoms with E-state index in [1.54, 1.807) is 0 Å². The number of rotatable bonds is 8. The number of ether oxygens (including phenoxy) is 2. The summed E-state index contributed by atoms with van der Waals surface area (Å²) in [6, 6.07) is 3.93. The highest BCUT2D eigenvalue weighted by atomic mass is 32.1. The number of aromatic nitrogens is 1. The van der Waals surface area contributed by atoms with E-state index in [1.807, 2.05) is 0 Å². The maximum absolute atomic E-state index is 12.2. The normalized spacial score (nSPS) is 11.5. The summed E-state index contributed by atoms with van der Waals surface area (Å²) >= 11 is 1.19. The number of alkyl halides is 3. The molecule has 0 aliphatic rings. The Morgan fingerprint density at radius 1 is 1.29 bits per heavy atom. The van der Waals surface area contributed by atoms with Gasteiger partial charge in [0.05, 0.1) is 23.4 Å². The van der Waals surface area contributed by atoms with Crippen LogP contribution in [0.1, 0.15) is 0 Å². The SMILES string of the molecule is O=C(O)NCCOCCNc1nc2ccc(OC(F)(F)F)cc2s1. The fraction of sp³-hybridized carbons (Fsp3) is 0.385. The number of halogens is 3. The Balaban J connectivity index is 1.79. The van der Waals surface area contributed by atoms with E-state index >= 15 is 0 Å². The van der Waals surface area contributed by atoms with E-state index in [-0.39, 0.29) is 18.9 Å². The molecule has 0 spiro atoms. The fourth-order valence-corrected chi connectivity index (χ4v) is 2.66. The van der Waals surface area contributed by atoms with Gasteiger partial charge in [-0.2, -0.15) is 0 Å². The Bertz CT molecular complexity index is 693. The smallest absolute Gasteiger partial charge is 0.465 e. The number of benzene rings is 1. The average Bonchev–Trinajstić information content (AvgIpc) is 2.86. The first-order chi connectivity index (χ1) is 11.3. The second-order valence-corrected chi connectivity index (χ2v) is 5.50. The summed E-state index contributed by atoms with van der Waals surface area (Å²) in [5, 5.41) is 14.0. The number of nitrogens with zero attached hydrogens (tertiary/aromatic N) is 1. The van der Waals surface area contributed by atoms with Gasteiger partial charge in [-0.3, -0.25) is 0 Å². The predicted octanol–water partition coefficient (Wildman–Crippen LogP) is 2.89. The van der Waals surface area contributed by atoms with Crippen molar-refractivity contribution in [2.75, 3.05) is 31.6 Å². The lowest BCUT2D eigenvalue weighted by molar-refractivity contribution is -0.274. The van der Waals surface area contributed by atoms with Gasteiger partial charge < -0.3 is 25.2 Å². The highest BCUT2D eigenvalue weighted by Gasteiger charge is 2.31. The first-order valence-corrected chi connectivity index (χ1v) is 7.60. The van der Waals surface area contributed by atoms with Crippen molar-refractivity contribution in [3.05, 3.63) is 18.2 Å². The Morgan fingerprint density at radius 3 is 2.75 bits per heavy atom. The average molecular weight is 365 g/mol. The molecule has 3 N–H and O–H groups in total. The third-order valence-electron chi connectivity index (χ3n) is 2.64. The lowest BCUT2D eigenvalue weighted by Crippen LogP contribution is -2.25. The van der Waals surface area contributed by atoms with Crippen molar-refractivity contribution >= 4 is 32.8 Å². The minimum atomic E-state index is -4.73. The predicted molar refractivity (Wildman–Crippen MR) is 81.6 cm³/mol. The van der Waals surface area contributed by atoms with E-state index in [4.69, 9.17) is 9.84 Å². The first kappa shape index (κ1) is 18.1. The molecule has 11 heteroatoms. The molecule has 1 amide bonds. The van der Waals surface area contributed by atoms with E-state index in [0.29, 0.717) is 28.5 Å². The van der Waals surface area contributed by atoms with Crippen molar-refractivity contribution in [2.24, 2.45) is 0 Å². The first-order valence-electron chi connectivity index (χ1n) is 6.78. The van der Waals surface area contributed by atoms with Crippen LogP contribution in [0, 0.1) is 0 Å². The number of anilines is 1. The van der Waals surface area contributed by atoms with Crippen LogP contribution < -0.4 is 15.4 Å². The zero-order valence-electron chi connectivity index (χ0n) is 12.2. The monoisotopic (exact) mass is 365 g/mol. The van der Waals surface area contributed by atoms with Crippen molar-refractivity contribution < 1.29 is 32.5 Å². The second kappa shape index (κ2) is 8.02. The van der Waals surface area contributed by atoms with Crippen LogP contribution in [0.4, 0.5) is 23.1 Å². The van der Waals surface area contributed by atoms with E-state index in [1.165, 1.54) is 29.5 Å². The van der Waals surface area contributed by atoms with E-state index < -0.39 is 12.5 Å². The van der Waals surface area contributed by atoms with Crippen LogP contribution in [0.15, 0.2) is 18.2 Å². The molecule has 2 rings (SSSR count). The summed E-state index contributed by atoms with van der Waals surface area (Å²) in [4.78, 5) is 14.4. The summed E-state index contributed by atoms with van der Waals surface area (Å²) in [7, 11) is 0. The summed E-state index contributed by atoms with van der Waals surface area (Å²) in [6.07, 6.45) is -5.84. The van der Waals surface area contributed by atoms with Crippen LogP contribution in [-0.2, 0) is 4.74 Å². The van der Waals surface area contributed by atoms with Crippen LogP contribution in [0.2, 0.25) is 0 Å². The molecule has 0 bridgehead atoms. The number of amides is 1. The minimum Gasteiger partial charge on any atom is -0.465 e. The quantitative estimate of drug-likeness (QED) is 0.623. The Morgan fingerprint density at radius 2 is 2.04 bits per heavy atom. The number of fused-ring (bicyclic) bond motifs is 1. The highest BCUT2D eigenvalue weighted by molar-refractivity contribution is 7.22. The zero-order chi connectivity index (χ0) is 17.6. The third-order valence-corrected chi connectivity index (χ3v) is 3.61. The van der Waals surface area contributed by atoms with Crippen molar-refractivity contribution in [3.8, 4) is 5.75 Å². The van der Waals surface area contributed by atoms with E-state index in [9.17, 15) is 18.0 Å². The third kappa shape index (κ3) is 6.08. The molecule has 0 saturated heterocycles. The van der Waals surface area contributed by atoms with Crippen molar-refractivity contribution in [2.45, 2.75) is 6.36 Å². The molecule has 0 radical (unpaired) electrons. The molecule has 2 aromatic rings. The van der Waals surface area contributed by atoms with Gasteiger partial charge in [-0.1, -0.05) is 11.3 Å². The van der Waals surface area contributed by atoms with Gasteiger partial charge in [0.15, 0.2) is 5.13 Å². The van der Waals surface area contributed by atoms with Crippen molar-refractivity contribution in [1.29, 1.82) is 0 Å². The van der Waals surface area contributed by atoms with Crippen LogP contribution in [0.3, 0.4) is 0 Å². The van der Waals surface area contributed by atoms with E-state index in [0.717, 1.165) is 0 Å². The lowest BCUT2D eigenvalue weighted by Gasteiger charge is -2.07. The van der Waals surface area contributed by atoms with E-state index in [2.05, 4.69) is 20.4 Å². The number of nitrogens with one attached hydrogen (secondary N) is 2. The summed E-state index contributed by atoms with van der Waals surface area (Å²) < 4.78 is 46.2. The Kier molecular flexibility index (Phi) is 6.04. The summed E-state index contributed by atoms with van der Waals surface area (Å²) in [5.41, 5.74) is 0.559. The van der Waals surface area contributed by atoms with Gasteiger partial charge in [-0.15, -0.1) is 13.2 Å². The maximum atomic E-state index is 12.2. The number of carboxylic acid groups (broad SMARTS) is 1. The van der Waals surface area contributed by atoms with Gasteiger partial charge in [-0.25, -0.2) is 9.78 Å². The second-order valence-electron chi connectivity index (χ2n) is 4.47. The van der Waals surface area contributed by atoms with Gasteiger partial charge in [0.2, 0.25) is 0 Å². The largest absolute Gasteiger partial charge is 0.573 e. The number of hydrogen-bond donors (Lipinski definition) is 3. The molecule has 0 unspecified atom stereocenters. The van der Waals surface area contributed by atoms with Crippen molar-refractivity contribution in [3.63, 3.8) is 0 Å². The van der Waals surface area contributed by atoms with Crippen LogP contribution in [0.5, 0.6) is 5.75 Å². The lowest BCUT2D eigenvalue weighted by atomic mass is 10.3. The molecule has 1 heterocycles. The van der Waals surface area contributed by atoms with Gasteiger partial charge in [0.1, 0.15) is 5.75 Å². The van der Waals surface area contributed by atoms with Gasteiger partial charge in [0, 0.05) is 19.2 Å². The molecule has 0 atom stereocenters. The maximum Gasteiger partial charge on any atom is 0.573 e. The molecular weight excluding hydrogens is 351 g/mol. The standard InChI is InChI=1S/C13H14F3N3O4S/c14-13(15,16)23-8-1-2-9-10(7-8)24-11(19-9)17-3-5-22-6-4-18-12(20)21/h1-2,7,18H,3-6H2,(H,17,19)(H,20,21). The number of thiazole rings is 1. The Labute approximate surface area is 138 Å². The van der Waals surface area contributed by atoms with Gasteiger partial charge in [-0.05, 0) is 12.1 Å². The molecule has 7 nitrogen and oxygen atoms in total.